The third-order valence-electron chi connectivity index (χ3n) is 4.03. The van der Waals surface area contributed by atoms with Crippen LogP contribution >= 0.6 is 12.6 Å². The Morgan fingerprint density at radius 3 is 2.17 bits per heavy atom. The van der Waals surface area contributed by atoms with Crippen molar-refractivity contribution in [2.75, 3.05) is 5.75 Å². The Hall–Kier alpha value is -0.970. The van der Waals surface area contributed by atoms with E-state index in [0.717, 1.165) is 12.8 Å². The van der Waals surface area contributed by atoms with Crippen LogP contribution in [0.25, 0.3) is 0 Å². The molecule has 0 fully saturated rings. The van der Waals surface area contributed by atoms with Crippen LogP contribution in [-0.2, 0) is 6.54 Å². The topological polar surface area (TPSA) is 54.9 Å². The third-order valence-corrected chi connectivity index (χ3v) is 4.71. The van der Waals surface area contributed by atoms with Gasteiger partial charge in [-0.25, -0.2) is 4.68 Å². The van der Waals surface area contributed by atoms with Crippen molar-refractivity contribution in [3.8, 4) is 0 Å². The molecule has 18 heavy (non-hydrogen) atoms. The van der Waals surface area contributed by atoms with Gasteiger partial charge in [0.05, 0.1) is 0 Å². The lowest BCUT2D eigenvalue weighted by Crippen LogP contribution is -2.39. The summed E-state index contributed by atoms with van der Waals surface area (Å²) in [5, 5.41) is 2.66. The molecule has 0 saturated carbocycles. The number of H-pyrrole nitrogens is 1. The Morgan fingerprint density at radius 2 is 1.72 bits per heavy atom. The van der Waals surface area contributed by atoms with E-state index in [1.807, 2.05) is 0 Å². The molecule has 0 aliphatic heterocycles. The van der Waals surface area contributed by atoms with Gasteiger partial charge in [0, 0.05) is 17.7 Å². The molecule has 0 radical (unpaired) electrons. The zero-order valence-corrected chi connectivity index (χ0v) is 12.4. The molecule has 0 aromatic carbocycles. The molecule has 0 spiro atoms. The number of nitrogens with one attached hydrogen (secondary N) is 1. The monoisotopic (exact) mass is 270 g/mol. The Morgan fingerprint density at radius 1 is 1.17 bits per heavy atom. The number of hydrogen-bond donors (Lipinski definition) is 2. The average Bonchev–Trinajstić information content (AvgIpc) is 2.39. The van der Waals surface area contributed by atoms with Crippen molar-refractivity contribution in [2.45, 2.75) is 47.1 Å². The molecule has 1 aromatic rings. The maximum Gasteiger partial charge on any atom is 0.268 e. The molecule has 0 amide bonds. The van der Waals surface area contributed by atoms with E-state index >= 15 is 0 Å². The number of nitrogens with zero attached hydrogens (tertiary/aromatic N) is 1. The first-order valence-electron chi connectivity index (χ1n) is 6.32. The molecule has 1 N–H and O–H groups in total. The summed E-state index contributed by atoms with van der Waals surface area (Å²) < 4.78 is 1.44. The summed E-state index contributed by atoms with van der Waals surface area (Å²) in [5.74, 6) is 0.696. The highest BCUT2D eigenvalue weighted by Crippen LogP contribution is 2.29. The maximum atomic E-state index is 12.1. The van der Waals surface area contributed by atoms with Gasteiger partial charge in [-0.05, 0) is 37.9 Å². The van der Waals surface area contributed by atoms with Crippen molar-refractivity contribution in [1.29, 1.82) is 0 Å². The Labute approximate surface area is 113 Å². The molecule has 4 nitrogen and oxygen atoms in total. The standard InChI is InChI=1S/C13H22N2O2S/c1-5-13(6-2,8-18)7-15-12(17)10(4)9(3)11(16)14-15/h18H,5-8H2,1-4H3,(H,14,16). The highest BCUT2D eigenvalue weighted by molar-refractivity contribution is 7.80. The average molecular weight is 270 g/mol. The second kappa shape index (κ2) is 5.78. The van der Waals surface area contributed by atoms with Gasteiger partial charge in [-0.15, -0.1) is 0 Å². The molecule has 1 heterocycles. The summed E-state index contributed by atoms with van der Waals surface area (Å²) in [6.45, 7) is 8.06. The van der Waals surface area contributed by atoms with Crippen molar-refractivity contribution < 1.29 is 0 Å². The zero-order chi connectivity index (χ0) is 13.9. The van der Waals surface area contributed by atoms with Gasteiger partial charge in [-0.3, -0.25) is 14.7 Å². The molecule has 5 heteroatoms. The summed E-state index contributed by atoms with van der Waals surface area (Å²) in [5.41, 5.74) is 0.685. The van der Waals surface area contributed by atoms with Crippen molar-refractivity contribution in [3.63, 3.8) is 0 Å². The predicted octanol–water partition coefficient (Wildman–Crippen LogP) is 1.89. The van der Waals surface area contributed by atoms with Gasteiger partial charge in [0.25, 0.3) is 11.1 Å². The highest BCUT2D eigenvalue weighted by Gasteiger charge is 2.26. The fourth-order valence-electron chi connectivity index (χ4n) is 1.98. The summed E-state index contributed by atoms with van der Waals surface area (Å²) in [6, 6.07) is 0. The van der Waals surface area contributed by atoms with E-state index < -0.39 is 0 Å². The molecule has 0 bridgehead atoms. The molecule has 0 unspecified atom stereocenters. The fourth-order valence-corrected chi connectivity index (χ4v) is 2.53. The summed E-state index contributed by atoms with van der Waals surface area (Å²) in [4.78, 5) is 23.9. The van der Waals surface area contributed by atoms with Crippen LogP contribution in [0.4, 0.5) is 0 Å². The van der Waals surface area contributed by atoms with E-state index in [-0.39, 0.29) is 16.5 Å². The van der Waals surface area contributed by atoms with Crippen LogP contribution in [0.5, 0.6) is 0 Å². The van der Waals surface area contributed by atoms with E-state index in [9.17, 15) is 9.59 Å². The normalized spacial score (nSPS) is 11.8. The second-order valence-corrected chi connectivity index (χ2v) is 5.26. The molecular formula is C13H22N2O2S. The van der Waals surface area contributed by atoms with Gasteiger partial charge >= 0.3 is 0 Å². The zero-order valence-electron chi connectivity index (χ0n) is 11.5. The van der Waals surface area contributed by atoms with Gasteiger partial charge in [-0.2, -0.15) is 12.6 Å². The van der Waals surface area contributed by atoms with Crippen LogP contribution in [-0.4, -0.2) is 15.5 Å². The lowest BCUT2D eigenvalue weighted by Gasteiger charge is -2.30. The van der Waals surface area contributed by atoms with E-state index in [4.69, 9.17) is 0 Å². The highest BCUT2D eigenvalue weighted by atomic mass is 32.1. The van der Waals surface area contributed by atoms with Gasteiger partial charge in [0.1, 0.15) is 0 Å². The van der Waals surface area contributed by atoms with Crippen molar-refractivity contribution >= 4 is 12.6 Å². The molecule has 102 valence electrons. The number of thiol groups is 1. The maximum absolute atomic E-state index is 12.1. The van der Waals surface area contributed by atoms with Crippen LogP contribution in [0, 0.1) is 19.3 Å². The number of rotatable bonds is 5. The summed E-state index contributed by atoms with van der Waals surface area (Å²) in [7, 11) is 0. The van der Waals surface area contributed by atoms with Crippen LogP contribution in [0.1, 0.15) is 37.8 Å². The second-order valence-electron chi connectivity index (χ2n) is 4.95. The number of aromatic nitrogens is 2. The van der Waals surface area contributed by atoms with Gasteiger partial charge in [0.2, 0.25) is 0 Å². The predicted molar refractivity (Wildman–Crippen MR) is 77.7 cm³/mol. The van der Waals surface area contributed by atoms with Crippen molar-refractivity contribution in [2.24, 2.45) is 5.41 Å². The largest absolute Gasteiger partial charge is 0.268 e. The third kappa shape index (κ3) is 2.71. The van der Waals surface area contributed by atoms with E-state index in [0.29, 0.717) is 23.4 Å². The smallest absolute Gasteiger partial charge is 0.268 e. The summed E-state index contributed by atoms with van der Waals surface area (Å²) in [6.07, 6.45) is 1.85. The van der Waals surface area contributed by atoms with Crippen LogP contribution in [0.15, 0.2) is 9.59 Å². The molecule has 0 aliphatic carbocycles. The number of aromatic amines is 1. The Balaban J connectivity index is 3.28. The SMILES string of the molecule is CCC(CC)(CS)Cn1[nH]c(=O)c(C)c(C)c1=O. The lowest BCUT2D eigenvalue weighted by atomic mass is 9.84. The molecule has 1 aromatic heterocycles. The number of hydrogen-bond acceptors (Lipinski definition) is 3. The molecule has 0 saturated heterocycles. The van der Waals surface area contributed by atoms with E-state index in [1.165, 1.54) is 4.68 Å². The van der Waals surface area contributed by atoms with E-state index in [2.05, 4.69) is 31.6 Å². The van der Waals surface area contributed by atoms with Crippen molar-refractivity contribution in [1.82, 2.24) is 9.78 Å². The quantitative estimate of drug-likeness (QED) is 0.803. The van der Waals surface area contributed by atoms with E-state index in [1.54, 1.807) is 13.8 Å². The van der Waals surface area contributed by atoms with Crippen LogP contribution < -0.4 is 11.1 Å². The minimum atomic E-state index is -0.188. The van der Waals surface area contributed by atoms with Gasteiger partial charge in [0.15, 0.2) is 0 Å². The first-order valence-corrected chi connectivity index (χ1v) is 6.95. The minimum absolute atomic E-state index is 0.0441. The van der Waals surface area contributed by atoms with Gasteiger partial charge in [-0.1, -0.05) is 13.8 Å². The van der Waals surface area contributed by atoms with Crippen molar-refractivity contribution in [3.05, 3.63) is 31.8 Å². The first-order chi connectivity index (χ1) is 8.40. The minimum Gasteiger partial charge on any atom is -0.268 e. The molecule has 1 rings (SSSR count). The lowest BCUT2D eigenvalue weighted by molar-refractivity contribution is 0.239. The van der Waals surface area contributed by atoms with Crippen LogP contribution in [0.3, 0.4) is 0 Å². The molecule has 0 atom stereocenters. The first kappa shape index (κ1) is 15.1. The van der Waals surface area contributed by atoms with Gasteiger partial charge < -0.3 is 0 Å². The Bertz CT molecular complexity index is 519. The molecule has 0 aliphatic rings. The fraction of sp³-hybridized carbons (Fsp3) is 0.692. The molecular weight excluding hydrogens is 248 g/mol. The summed E-state index contributed by atoms with van der Waals surface area (Å²) >= 11 is 4.39. The Kier molecular flexibility index (Phi) is 4.85. The van der Waals surface area contributed by atoms with Crippen LogP contribution in [0.2, 0.25) is 0 Å².